The van der Waals surface area contributed by atoms with E-state index in [1.54, 1.807) is 0 Å². The van der Waals surface area contributed by atoms with Crippen molar-refractivity contribution in [2.75, 3.05) is 31.7 Å². The summed E-state index contributed by atoms with van der Waals surface area (Å²) in [7, 11) is 0. The van der Waals surface area contributed by atoms with Gasteiger partial charge < -0.3 is 33.7 Å². The van der Waals surface area contributed by atoms with Gasteiger partial charge >= 0.3 is 18.4 Å². The van der Waals surface area contributed by atoms with Gasteiger partial charge in [0, 0.05) is 18.9 Å². The summed E-state index contributed by atoms with van der Waals surface area (Å²) in [5.74, 6) is 0.160. The molecule has 2 aromatic carbocycles. The Bertz CT molecular complexity index is 1220. The van der Waals surface area contributed by atoms with Crippen molar-refractivity contribution < 1.29 is 51.2 Å². The molecule has 6 atom stereocenters. The van der Waals surface area contributed by atoms with Crippen LogP contribution in [-0.4, -0.2) is 69.3 Å². The van der Waals surface area contributed by atoms with Crippen LogP contribution in [0.2, 0.25) is 0 Å². The van der Waals surface area contributed by atoms with Gasteiger partial charge in [-0.1, -0.05) is 64.4 Å². The molecule has 0 radical (unpaired) electrons. The van der Waals surface area contributed by atoms with Crippen molar-refractivity contribution in [3.63, 3.8) is 0 Å². The number of alkyl carbamates (subject to hydrolysis) is 1. The summed E-state index contributed by atoms with van der Waals surface area (Å²) in [6.07, 6.45) is -8.78. The molecule has 3 rings (SSSR count). The number of rotatable bonds is 16. The van der Waals surface area contributed by atoms with Crippen LogP contribution in [0.4, 0.5) is 28.4 Å². The molecule has 0 aromatic heterocycles. The third-order valence-corrected chi connectivity index (χ3v) is 7.22. The number of carbonyl (C=O) groups is 2. The Labute approximate surface area is 274 Å². The maximum atomic E-state index is 13.2. The van der Waals surface area contributed by atoms with Gasteiger partial charge in [0.1, 0.15) is 24.9 Å². The number of hydrogen-bond donors (Lipinski definition) is 2. The Morgan fingerprint density at radius 1 is 0.851 bits per heavy atom. The van der Waals surface area contributed by atoms with Gasteiger partial charge in [-0.2, -0.15) is 13.2 Å². The quantitative estimate of drug-likeness (QED) is 0.177. The van der Waals surface area contributed by atoms with Crippen molar-refractivity contribution in [1.82, 2.24) is 5.32 Å². The van der Waals surface area contributed by atoms with Crippen molar-refractivity contribution in [3.8, 4) is 0 Å². The number of ether oxygens (including phenoxy) is 6. The van der Waals surface area contributed by atoms with E-state index in [1.165, 1.54) is 0 Å². The van der Waals surface area contributed by atoms with E-state index in [9.17, 15) is 22.8 Å². The first-order chi connectivity index (χ1) is 22.4. The third kappa shape index (κ3) is 12.3. The summed E-state index contributed by atoms with van der Waals surface area (Å²) in [6.45, 7) is 10.4. The van der Waals surface area contributed by atoms with Gasteiger partial charge in [0.2, 0.25) is 0 Å². The predicted molar refractivity (Wildman–Crippen MR) is 169 cm³/mol. The largest absolute Gasteiger partial charge is 0.447 e. The summed E-state index contributed by atoms with van der Waals surface area (Å²) in [5, 5.41) is 5.24. The average Bonchev–Trinajstić information content (AvgIpc) is 3.03. The lowest BCUT2D eigenvalue weighted by Gasteiger charge is -2.45. The number of unbranched alkanes of at least 4 members (excludes halogenated alkanes) is 1. The molecule has 1 fully saturated rings. The number of anilines is 1. The van der Waals surface area contributed by atoms with E-state index in [0.29, 0.717) is 19.6 Å². The number of benzene rings is 2. The topological polar surface area (TPSA) is 114 Å². The molecule has 262 valence electrons. The van der Waals surface area contributed by atoms with E-state index in [0.717, 1.165) is 42.7 Å². The summed E-state index contributed by atoms with van der Waals surface area (Å²) < 4.78 is 75.4. The Morgan fingerprint density at radius 3 is 2.15 bits per heavy atom. The van der Waals surface area contributed by atoms with Crippen LogP contribution >= 0.6 is 0 Å². The number of hydrogen-bond acceptors (Lipinski definition) is 8. The highest BCUT2D eigenvalue weighted by Crippen LogP contribution is 2.32. The molecule has 0 spiro atoms. The lowest BCUT2D eigenvalue weighted by molar-refractivity contribution is -0.316. The second-order valence-electron chi connectivity index (χ2n) is 11.7. The molecular formula is C34H47F3N2O8. The number of amides is 2. The van der Waals surface area contributed by atoms with E-state index in [2.05, 4.69) is 10.6 Å². The maximum absolute atomic E-state index is 13.2. The molecule has 2 aromatic rings. The second-order valence-corrected chi connectivity index (χ2v) is 11.7. The van der Waals surface area contributed by atoms with Crippen molar-refractivity contribution >= 4 is 17.9 Å². The van der Waals surface area contributed by atoms with Gasteiger partial charge in [0.05, 0.1) is 18.2 Å². The molecule has 1 saturated heterocycles. The molecule has 10 nitrogen and oxygen atoms in total. The van der Waals surface area contributed by atoms with E-state index in [1.807, 2.05) is 65.0 Å². The van der Waals surface area contributed by atoms with Crippen LogP contribution in [0.3, 0.4) is 0 Å². The average molecular weight is 669 g/mol. The third-order valence-electron chi connectivity index (χ3n) is 7.22. The van der Waals surface area contributed by atoms with Gasteiger partial charge in [-0.15, -0.1) is 0 Å². The van der Waals surface area contributed by atoms with Crippen molar-refractivity contribution in [1.29, 1.82) is 0 Å². The standard InChI is InChI=1S/C34H47F3N2O8/c1-6-8-19-43-30-29(42-18-7-2)28(47-33(41)39-26-16-14-25(15-17-26)34(35,36)37)27(46-31(30)44-20-22(3)4)21-45-32(40)38-23(5)24-12-10-9-11-13-24/h9-17,22-23,27-31H,6-8,18-21H2,1-5H3,(H,38,40)(H,39,41)/t23-,27+,28+,29-,30+,31+/m0/s1. The van der Waals surface area contributed by atoms with Gasteiger partial charge in [0.25, 0.3) is 0 Å². The first kappa shape index (κ1) is 38.1. The monoisotopic (exact) mass is 668 g/mol. The Hall–Kier alpha value is -3.39. The molecule has 2 N–H and O–H groups in total. The molecule has 0 aliphatic carbocycles. The Balaban J connectivity index is 1.85. The molecular weight excluding hydrogens is 621 g/mol. The van der Waals surface area contributed by atoms with Crippen molar-refractivity contribution in [3.05, 3.63) is 65.7 Å². The van der Waals surface area contributed by atoms with Crippen LogP contribution in [0.1, 0.15) is 71.0 Å². The Kier molecular flexibility index (Phi) is 15.2. The zero-order chi connectivity index (χ0) is 34.4. The summed E-state index contributed by atoms with van der Waals surface area (Å²) in [5.41, 5.74) is 0.102. The first-order valence-electron chi connectivity index (χ1n) is 16.1. The Morgan fingerprint density at radius 2 is 1.53 bits per heavy atom. The lowest BCUT2D eigenvalue weighted by Crippen LogP contribution is -2.62. The lowest BCUT2D eigenvalue weighted by atomic mass is 9.98. The fraction of sp³-hybridized carbons (Fsp3) is 0.588. The van der Waals surface area contributed by atoms with Crippen LogP contribution in [0.15, 0.2) is 54.6 Å². The zero-order valence-corrected chi connectivity index (χ0v) is 27.6. The molecule has 13 heteroatoms. The highest BCUT2D eigenvalue weighted by Gasteiger charge is 2.50. The number of alkyl halides is 3. The molecule has 1 aliphatic rings. The zero-order valence-electron chi connectivity index (χ0n) is 27.6. The van der Waals surface area contributed by atoms with Crippen LogP contribution < -0.4 is 10.6 Å². The van der Waals surface area contributed by atoms with Crippen LogP contribution in [0, 0.1) is 5.92 Å². The molecule has 0 bridgehead atoms. The van der Waals surface area contributed by atoms with Crippen LogP contribution in [0.5, 0.6) is 0 Å². The van der Waals surface area contributed by atoms with E-state index < -0.39 is 54.6 Å². The smallest absolute Gasteiger partial charge is 0.416 e. The molecule has 47 heavy (non-hydrogen) atoms. The summed E-state index contributed by atoms with van der Waals surface area (Å²) in [6, 6.07) is 12.9. The fourth-order valence-corrected chi connectivity index (χ4v) is 4.77. The van der Waals surface area contributed by atoms with Crippen LogP contribution in [-0.2, 0) is 34.6 Å². The highest BCUT2D eigenvalue weighted by atomic mass is 19.4. The van der Waals surface area contributed by atoms with Gasteiger partial charge in [-0.05, 0) is 55.5 Å². The maximum Gasteiger partial charge on any atom is 0.416 e. The SMILES string of the molecule is CCCCO[C@H]1[C@H](OCC(C)C)O[C@H](COC(=O)N[C@@H](C)c2ccccc2)[C@@H](OC(=O)Nc2ccc(C(F)(F)F)cc2)[C@@H]1OCCC. The molecule has 1 heterocycles. The summed E-state index contributed by atoms with van der Waals surface area (Å²) in [4.78, 5) is 26.0. The minimum atomic E-state index is -4.53. The van der Waals surface area contributed by atoms with Crippen LogP contribution in [0.25, 0.3) is 0 Å². The first-order valence-corrected chi connectivity index (χ1v) is 16.1. The van der Waals surface area contributed by atoms with E-state index >= 15 is 0 Å². The van der Waals surface area contributed by atoms with E-state index in [-0.39, 0.29) is 30.9 Å². The fourth-order valence-electron chi connectivity index (χ4n) is 4.77. The highest BCUT2D eigenvalue weighted by molar-refractivity contribution is 5.84. The molecule has 1 aliphatic heterocycles. The van der Waals surface area contributed by atoms with Gasteiger partial charge in [-0.3, -0.25) is 5.32 Å². The predicted octanol–water partition coefficient (Wildman–Crippen LogP) is 7.49. The minimum absolute atomic E-state index is 0.0849. The van der Waals surface area contributed by atoms with Gasteiger partial charge in [0.15, 0.2) is 12.4 Å². The van der Waals surface area contributed by atoms with Crippen molar-refractivity contribution in [2.24, 2.45) is 5.92 Å². The van der Waals surface area contributed by atoms with Crippen molar-refractivity contribution in [2.45, 2.75) is 96.8 Å². The summed E-state index contributed by atoms with van der Waals surface area (Å²) >= 11 is 0. The number of carbonyl (C=O) groups excluding carboxylic acids is 2. The second kappa shape index (κ2) is 18.8. The number of halogens is 3. The van der Waals surface area contributed by atoms with Gasteiger partial charge in [-0.25, -0.2) is 9.59 Å². The minimum Gasteiger partial charge on any atom is -0.447 e. The molecule has 0 saturated carbocycles. The molecule has 2 amide bonds. The molecule has 0 unspecified atom stereocenters. The van der Waals surface area contributed by atoms with E-state index in [4.69, 9.17) is 28.4 Å². The number of nitrogens with one attached hydrogen (secondary N) is 2. The normalized spacial score (nSPS) is 22.0.